The van der Waals surface area contributed by atoms with Crippen LogP contribution in [0.5, 0.6) is 0 Å². The summed E-state index contributed by atoms with van der Waals surface area (Å²) in [7, 11) is 0. The van der Waals surface area contributed by atoms with Crippen LogP contribution in [0.4, 0.5) is 0 Å². The van der Waals surface area contributed by atoms with Gasteiger partial charge in [-0.3, -0.25) is 0 Å². The summed E-state index contributed by atoms with van der Waals surface area (Å²) in [6.07, 6.45) is 3.55. The van der Waals surface area contributed by atoms with Gasteiger partial charge in [-0.05, 0) is 0 Å². The Bertz CT molecular complexity index is 390. The minimum absolute atomic E-state index is 0.426. The van der Waals surface area contributed by atoms with E-state index in [2.05, 4.69) is 39.5 Å². The predicted molar refractivity (Wildman–Crippen MR) is 47.6 cm³/mol. The van der Waals surface area contributed by atoms with Crippen LogP contribution in [0.1, 0.15) is 25.5 Å². The first kappa shape index (κ1) is 8.74. The fourth-order valence-corrected chi connectivity index (χ4v) is 1.09. The molecule has 0 spiro atoms. The zero-order valence-corrected chi connectivity index (χ0v) is 8.05. The lowest BCUT2D eigenvalue weighted by Gasteiger charge is -1.99. The lowest BCUT2D eigenvalue weighted by molar-refractivity contribution is -0.607. The van der Waals surface area contributed by atoms with Crippen molar-refractivity contribution in [2.24, 2.45) is 0 Å². The van der Waals surface area contributed by atoms with E-state index in [1.165, 1.54) is 0 Å². The largest absolute Gasteiger partial charge is 0.433 e. The Morgan fingerprint density at radius 2 is 2.29 bits per heavy atom. The predicted octanol–water partition coefficient (Wildman–Crippen LogP) is -0.00520. The van der Waals surface area contributed by atoms with Gasteiger partial charge in [0.1, 0.15) is 5.69 Å². The quantitative estimate of drug-likeness (QED) is 0.678. The Morgan fingerprint density at radius 3 is 2.79 bits per heavy atom. The van der Waals surface area contributed by atoms with Crippen LogP contribution in [-0.4, -0.2) is 25.6 Å². The number of H-pyrrole nitrogens is 1. The van der Waals surface area contributed by atoms with Crippen LogP contribution >= 0.6 is 0 Å². The highest BCUT2D eigenvalue weighted by atomic mass is 15.5. The first-order chi connectivity index (χ1) is 6.77. The summed E-state index contributed by atoms with van der Waals surface area (Å²) in [4.78, 5) is 4.28. The van der Waals surface area contributed by atoms with Gasteiger partial charge < -0.3 is 0 Å². The van der Waals surface area contributed by atoms with Crippen LogP contribution < -0.4 is 4.57 Å². The molecule has 0 bridgehead atoms. The van der Waals surface area contributed by atoms with Crippen LogP contribution in [-0.2, 0) is 0 Å². The summed E-state index contributed by atoms with van der Waals surface area (Å²) in [5.74, 6) is 0.919. The van der Waals surface area contributed by atoms with Crippen molar-refractivity contribution in [2.75, 3.05) is 0 Å². The van der Waals surface area contributed by atoms with Gasteiger partial charge in [0.15, 0.2) is 6.33 Å². The van der Waals surface area contributed by atoms with Crippen LogP contribution in [0.25, 0.3) is 5.95 Å². The molecule has 0 aliphatic heterocycles. The first-order valence-electron chi connectivity index (χ1n) is 4.38. The van der Waals surface area contributed by atoms with Gasteiger partial charge in [-0.2, -0.15) is 4.57 Å². The van der Waals surface area contributed by atoms with Crippen molar-refractivity contribution in [3.05, 3.63) is 24.3 Å². The second-order valence-corrected chi connectivity index (χ2v) is 3.26. The maximum Gasteiger partial charge on any atom is 0.433 e. The van der Waals surface area contributed by atoms with Gasteiger partial charge in [0.2, 0.25) is 0 Å². The molecule has 2 aromatic heterocycles. The summed E-state index contributed by atoms with van der Waals surface area (Å²) in [6.45, 7) is 4.20. The van der Waals surface area contributed by atoms with E-state index in [-0.39, 0.29) is 0 Å². The smallest absolute Gasteiger partial charge is 0.197 e. The molecule has 0 aliphatic rings. The second-order valence-electron chi connectivity index (χ2n) is 3.26. The summed E-state index contributed by atoms with van der Waals surface area (Å²) < 4.78 is 1.70. The van der Waals surface area contributed by atoms with E-state index in [1.807, 2.05) is 12.3 Å². The minimum Gasteiger partial charge on any atom is -0.197 e. The second kappa shape index (κ2) is 3.49. The monoisotopic (exact) mass is 191 g/mol. The molecule has 6 heteroatoms. The van der Waals surface area contributed by atoms with Gasteiger partial charge in [-0.1, -0.05) is 13.8 Å². The van der Waals surface area contributed by atoms with Gasteiger partial charge >= 0.3 is 5.95 Å². The Labute approximate surface area is 81.0 Å². The van der Waals surface area contributed by atoms with E-state index >= 15 is 0 Å². The Balaban J connectivity index is 2.31. The van der Waals surface area contributed by atoms with E-state index in [0.717, 1.165) is 5.69 Å². The number of tetrazole rings is 1. The average Bonchev–Trinajstić information content (AvgIpc) is 2.71. The topological polar surface area (TPSA) is 71.2 Å². The van der Waals surface area contributed by atoms with Gasteiger partial charge in [0, 0.05) is 27.4 Å². The molecule has 72 valence electrons. The Hall–Kier alpha value is -1.85. The number of hydrogen-bond donors (Lipinski definition) is 1. The molecular weight excluding hydrogens is 180 g/mol. The van der Waals surface area contributed by atoms with E-state index in [1.54, 1.807) is 10.9 Å². The number of nitrogens with one attached hydrogen (secondary N) is 1. The van der Waals surface area contributed by atoms with Crippen LogP contribution in [0.2, 0.25) is 0 Å². The average molecular weight is 191 g/mol. The molecule has 6 nitrogen and oxygen atoms in total. The lowest BCUT2D eigenvalue weighted by Crippen LogP contribution is -2.32. The van der Waals surface area contributed by atoms with Crippen molar-refractivity contribution in [3.63, 3.8) is 0 Å². The molecular formula is C8H11N6+. The third-order valence-corrected chi connectivity index (χ3v) is 1.89. The molecule has 0 radical (unpaired) electrons. The van der Waals surface area contributed by atoms with Crippen molar-refractivity contribution in [1.82, 2.24) is 25.6 Å². The molecule has 0 amide bonds. The molecule has 0 saturated carbocycles. The molecule has 2 rings (SSSR count). The van der Waals surface area contributed by atoms with E-state index in [9.17, 15) is 0 Å². The zero-order valence-electron chi connectivity index (χ0n) is 8.05. The number of rotatable bonds is 2. The summed E-state index contributed by atoms with van der Waals surface area (Å²) in [5, 5.41) is 13.5. The lowest BCUT2D eigenvalue weighted by atomic mass is 10.1. The number of nitrogens with zero attached hydrogens (tertiary/aromatic N) is 5. The molecule has 0 aliphatic carbocycles. The zero-order chi connectivity index (χ0) is 9.97. The van der Waals surface area contributed by atoms with Gasteiger partial charge in [0.05, 0.1) is 6.20 Å². The Morgan fingerprint density at radius 1 is 1.43 bits per heavy atom. The van der Waals surface area contributed by atoms with Crippen molar-refractivity contribution in [3.8, 4) is 5.95 Å². The highest BCUT2D eigenvalue weighted by molar-refractivity contribution is 5.01. The maximum atomic E-state index is 4.28. The van der Waals surface area contributed by atoms with Crippen LogP contribution in [0.3, 0.4) is 0 Å². The normalized spacial score (nSPS) is 10.8. The molecule has 0 fully saturated rings. The third-order valence-electron chi connectivity index (χ3n) is 1.89. The van der Waals surface area contributed by atoms with E-state index in [4.69, 9.17) is 0 Å². The molecule has 0 saturated heterocycles. The fraction of sp³-hybridized carbons (Fsp3) is 0.375. The highest BCUT2D eigenvalue weighted by Gasteiger charge is 2.10. The summed E-state index contributed by atoms with van der Waals surface area (Å²) in [5.41, 5.74) is 1.05. The van der Waals surface area contributed by atoms with Gasteiger partial charge in [-0.15, -0.1) is 10.2 Å². The van der Waals surface area contributed by atoms with Crippen molar-refractivity contribution < 1.29 is 4.57 Å². The maximum absolute atomic E-state index is 4.28. The molecule has 2 aromatic rings. The van der Waals surface area contributed by atoms with E-state index in [0.29, 0.717) is 11.9 Å². The molecule has 1 N–H and O–H groups in total. The van der Waals surface area contributed by atoms with Crippen LogP contribution in [0.15, 0.2) is 18.6 Å². The first-order valence-corrected chi connectivity index (χ1v) is 4.38. The molecule has 0 aromatic carbocycles. The summed E-state index contributed by atoms with van der Waals surface area (Å²) >= 11 is 0. The number of aromatic nitrogens is 6. The highest BCUT2D eigenvalue weighted by Crippen LogP contribution is 2.07. The van der Waals surface area contributed by atoms with Gasteiger partial charge in [-0.25, -0.2) is 0 Å². The molecule has 14 heavy (non-hydrogen) atoms. The molecule has 0 unspecified atom stereocenters. The van der Waals surface area contributed by atoms with Gasteiger partial charge in [0.25, 0.3) is 0 Å². The Kier molecular flexibility index (Phi) is 2.18. The van der Waals surface area contributed by atoms with Crippen molar-refractivity contribution >= 4 is 0 Å². The van der Waals surface area contributed by atoms with E-state index < -0.39 is 0 Å². The standard InChI is InChI=1S/C8H11N6/c1-6(2)7-3-4-14(5-9-7)8-10-12-13-11-8/h3-6H,1-2H3,(H,10,11,12,13)/q+1. The third kappa shape index (κ3) is 1.59. The minimum atomic E-state index is 0.426. The van der Waals surface area contributed by atoms with Crippen molar-refractivity contribution in [1.29, 1.82) is 0 Å². The molecule has 0 atom stereocenters. The SMILES string of the molecule is CC(C)c1cc[n+](-c2nn[nH]n2)cn1. The van der Waals surface area contributed by atoms with Crippen LogP contribution in [0, 0.1) is 0 Å². The fourth-order valence-electron chi connectivity index (χ4n) is 1.09. The number of hydrogen-bond acceptors (Lipinski definition) is 4. The van der Waals surface area contributed by atoms with Crippen molar-refractivity contribution in [2.45, 2.75) is 19.8 Å². The summed E-state index contributed by atoms with van der Waals surface area (Å²) in [6, 6.07) is 1.95. The molecule has 2 heterocycles. The number of aromatic amines is 1.